The van der Waals surface area contributed by atoms with Crippen LogP contribution in [0.15, 0.2) is 24.3 Å². The first kappa shape index (κ1) is 16.5. The van der Waals surface area contributed by atoms with E-state index in [1.807, 2.05) is 12.1 Å². The van der Waals surface area contributed by atoms with E-state index in [-0.39, 0.29) is 5.75 Å². The number of hydrogen-bond acceptors (Lipinski definition) is 4. The summed E-state index contributed by atoms with van der Waals surface area (Å²) in [7, 11) is 1.23. The van der Waals surface area contributed by atoms with Crippen LogP contribution in [0.2, 0.25) is 0 Å². The minimum atomic E-state index is -0.742. The first-order valence-electron chi connectivity index (χ1n) is 7.92. The van der Waals surface area contributed by atoms with Crippen LogP contribution in [-0.2, 0) is 13.1 Å². The van der Waals surface area contributed by atoms with E-state index in [2.05, 4.69) is 5.32 Å². The van der Waals surface area contributed by atoms with Gasteiger partial charge in [-0.3, -0.25) is 0 Å². The Morgan fingerprint density at radius 3 is 2.38 bits per heavy atom. The smallest absolute Gasteiger partial charge is 0.190 e. The number of rotatable bonds is 6. The molecule has 0 aromatic heterocycles. The van der Waals surface area contributed by atoms with Crippen LogP contribution in [-0.4, -0.2) is 7.11 Å². The highest BCUT2D eigenvalue weighted by Crippen LogP contribution is 2.43. The van der Waals surface area contributed by atoms with Gasteiger partial charge in [0.05, 0.1) is 7.11 Å². The van der Waals surface area contributed by atoms with Gasteiger partial charge in [-0.25, -0.2) is 8.78 Å². The molecule has 3 rings (SSSR count). The molecule has 128 valence electrons. The van der Waals surface area contributed by atoms with Crippen molar-refractivity contribution in [3.63, 3.8) is 0 Å². The van der Waals surface area contributed by atoms with Crippen molar-refractivity contribution in [1.82, 2.24) is 0 Å². The molecule has 24 heavy (non-hydrogen) atoms. The predicted molar refractivity (Wildman–Crippen MR) is 91.0 cm³/mol. The van der Waals surface area contributed by atoms with Gasteiger partial charge in [0.2, 0.25) is 0 Å². The summed E-state index contributed by atoms with van der Waals surface area (Å²) in [5.74, 6) is -1.34. The Morgan fingerprint density at radius 2 is 1.83 bits per heavy atom. The highest BCUT2D eigenvalue weighted by atomic mass is 19.1. The van der Waals surface area contributed by atoms with Crippen LogP contribution in [0, 0.1) is 11.6 Å². The van der Waals surface area contributed by atoms with Crippen LogP contribution in [0.4, 0.5) is 20.2 Å². The first-order chi connectivity index (χ1) is 11.5. The minimum Gasteiger partial charge on any atom is -0.491 e. The zero-order valence-electron chi connectivity index (χ0n) is 13.5. The molecule has 2 aromatic carbocycles. The molecule has 1 aliphatic carbocycles. The fourth-order valence-corrected chi connectivity index (χ4v) is 3.00. The fraction of sp³-hybridized carbons (Fsp3) is 0.333. The van der Waals surface area contributed by atoms with Gasteiger partial charge in [-0.05, 0) is 41.5 Å². The number of methoxy groups -OCH3 is 1. The molecular formula is C18H21F2N3O. The molecular weight excluding hydrogens is 312 g/mol. The molecule has 1 saturated carbocycles. The second-order valence-corrected chi connectivity index (χ2v) is 6.01. The monoisotopic (exact) mass is 333 g/mol. The van der Waals surface area contributed by atoms with Gasteiger partial charge in [0.25, 0.3) is 0 Å². The van der Waals surface area contributed by atoms with Gasteiger partial charge in [-0.1, -0.05) is 6.07 Å². The van der Waals surface area contributed by atoms with Gasteiger partial charge in [0.15, 0.2) is 17.4 Å². The number of nitrogens with two attached hydrogens (primary N) is 2. The highest BCUT2D eigenvalue weighted by Gasteiger charge is 2.27. The van der Waals surface area contributed by atoms with Crippen LogP contribution in [0.3, 0.4) is 0 Å². The van der Waals surface area contributed by atoms with Crippen molar-refractivity contribution in [3.8, 4) is 5.75 Å². The Labute approximate surface area is 139 Å². The largest absolute Gasteiger partial charge is 0.491 e. The van der Waals surface area contributed by atoms with Crippen molar-refractivity contribution < 1.29 is 13.5 Å². The maximum atomic E-state index is 13.8. The lowest BCUT2D eigenvalue weighted by Crippen LogP contribution is -2.12. The summed E-state index contributed by atoms with van der Waals surface area (Å²) in [6, 6.07) is 6.34. The minimum absolute atomic E-state index is 0.328. The molecule has 2 aromatic rings. The van der Waals surface area contributed by atoms with Crippen LogP contribution in [0.1, 0.15) is 35.4 Å². The maximum Gasteiger partial charge on any atom is 0.190 e. The Hall–Kier alpha value is -2.34. The summed E-state index contributed by atoms with van der Waals surface area (Å²) in [4.78, 5) is 0. The second kappa shape index (κ2) is 6.65. The van der Waals surface area contributed by atoms with E-state index < -0.39 is 11.6 Å². The summed E-state index contributed by atoms with van der Waals surface area (Å²) in [6.45, 7) is 0.739. The molecule has 0 heterocycles. The molecule has 1 fully saturated rings. The molecule has 0 aliphatic heterocycles. The lowest BCUT2D eigenvalue weighted by molar-refractivity contribution is 0.360. The van der Waals surface area contributed by atoms with Crippen molar-refractivity contribution in [1.29, 1.82) is 0 Å². The van der Waals surface area contributed by atoms with Gasteiger partial charge in [0, 0.05) is 36.6 Å². The Balaban J connectivity index is 1.88. The van der Waals surface area contributed by atoms with Gasteiger partial charge in [0.1, 0.15) is 0 Å². The van der Waals surface area contributed by atoms with E-state index >= 15 is 0 Å². The number of nitrogens with one attached hydrogen (secondary N) is 1. The molecule has 1 aliphatic rings. The molecule has 0 unspecified atom stereocenters. The number of halogens is 2. The lowest BCUT2D eigenvalue weighted by Gasteiger charge is -2.17. The third-order valence-electron chi connectivity index (χ3n) is 4.40. The SMILES string of the molecule is COc1c(F)cc(NCc2c(C3CC3)ccc(N)c2CN)cc1F. The standard InChI is InChI=1S/C18H21F2N3O/c1-24-18-15(19)6-11(7-16(18)20)23-9-14-12(10-2-3-10)4-5-17(22)13(14)8-21/h4-7,10,23H,2-3,8-9,21-22H2,1H3. The van der Waals surface area contributed by atoms with E-state index in [0.29, 0.717) is 30.4 Å². The molecule has 4 nitrogen and oxygen atoms in total. The molecule has 0 saturated heterocycles. The quantitative estimate of drug-likeness (QED) is 0.707. The summed E-state index contributed by atoms with van der Waals surface area (Å²) >= 11 is 0. The van der Waals surface area contributed by atoms with E-state index in [9.17, 15) is 8.78 Å². The first-order valence-corrected chi connectivity index (χ1v) is 7.92. The number of benzene rings is 2. The fourth-order valence-electron chi connectivity index (χ4n) is 3.00. The van der Waals surface area contributed by atoms with Crippen LogP contribution < -0.4 is 21.5 Å². The van der Waals surface area contributed by atoms with Crippen LogP contribution in [0.5, 0.6) is 5.75 Å². The molecule has 0 atom stereocenters. The Bertz CT molecular complexity index is 737. The number of ether oxygens (including phenoxy) is 1. The Kier molecular flexibility index (Phi) is 4.57. The summed E-state index contributed by atoms with van der Waals surface area (Å²) in [5, 5.41) is 3.07. The van der Waals surface area contributed by atoms with Crippen molar-refractivity contribution in [2.75, 3.05) is 18.2 Å². The van der Waals surface area contributed by atoms with Crippen LogP contribution >= 0.6 is 0 Å². The van der Waals surface area contributed by atoms with Gasteiger partial charge in [-0.15, -0.1) is 0 Å². The molecule has 0 bridgehead atoms. The zero-order valence-corrected chi connectivity index (χ0v) is 13.5. The van der Waals surface area contributed by atoms with Gasteiger partial charge >= 0.3 is 0 Å². The average Bonchev–Trinajstić information content (AvgIpc) is 3.37. The average molecular weight is 333 g/mol. The normalized spacial score (nSPS) is 13.8. The van der Waals surface area contributed by atoms with E-state index in [1.165, 1.54) is 24.8 Å². The van der Waals surface area contributed by atoms with Crippen molar-refractivity contribution in [2.45, 2.75) is 31.8 Å². The molecule has 0 amide bonds. The topological polar surface area (TPSA) is 73.3 Å². The summed E-state index contributed by atoms with van der Waals surface area (Å²) in [5.41, 5.74) is 16.0. The predicted octanol–water partition coefficient (Wildman–Crippen LogP) is 3.50. The number of anilines is 2. The molecule has 5 N–H and O–H groups in total. The van der Waals surface area contributed by atoms with E-state index in [4.69, 9.17) is 16.2 Å². The van der Waals surface area contributed by atoms with E-state index in [0.717, 1.165) is 24.0 Å². The molecule has 0 radical (unpaired) electrons. The van der Waals surface area contributed by atoms with Gasteiger partial charge in [-0.2, -0.15) is 0 Å². The van der Waals surface area contributed by atoms with Gasteiger partial charge < -0.3 is 21.5 Å². The molecule has 6 heteroatoms. The highest BCUT2D eigenvalue weighted by molar-refractivity contribution is 5.57. The lowest BCUT2D eigenvalue weighted by atomic mass is 9.96. The Morgan fingerprint density at radius 1 is 1.17 bits per heavy atom. The second-order valence-electron chi connectivity index (χ2n) is 6.01. The third kappa shape index (κ3) is 3.14. The van der Waals surface area contributed by atoms with Crippen molar-refractivity contribution in [2.24, 2.45) is 5.73 Å². The summed E-state index contributed by atoms with van der Waals surface area (Å²) < 4.78 is 32.3. The molecule has 0 spiro atoms. The zero-order chi connectivity index (χ0) is 17.3. The van der Waals surface area contributed by atoms with Crippen LogP contribution in [0.25, 0.3) is 0 Å². The summed E-state index contributed by atoms with van der Waals surface area (Å²) in [6.07, 6.45) is 2.29. The maximum absolute atomic E-state index is 13.8. The van der Waals surface area contributed by atoms with Crippen molar-refractivity contribution >= 4 is 11.4 Å². The van der Waals surface area contributed by atoms with E-state index in [1.54, 1.807) is 0 Å². The number of hydrogen-bond donors (Lipinski definition) is 3. The number of nitrogen functional groups attached to an aromatic ring is 1. The van der Waals surface area contributed by atoms with Crippen molar-refractivity contribution in [3.05, 3.63) is 52.6 Å². The third-order valence-corrected chi connectivity index (χ3v) is 4.40.